The lowest BCUT2D eigenvalue weighted by molar-refractivity contribution is -0.140. The lowest BCUT2D eigenvalue weighted by atomic mass is 10.1. The van der Waals surface area contributed by atoms with E-state index in [4.69, 9.17) is 14.2 Å². The Kier molecular flexibility index (Phi) is 5.80. The second-order valence-corrected chi connectivity index (χ2v) is 7.52. The first-order valence-electron chi connectivity index (χ1n) is 9.78. The number of methoxy groups -OCH3 is 3. The van der Waals surface area contributed by atoms with Crippen molar-refractivity contribution in [2.24, 2.45) is 0 Å². The Morgan fingerprint density at radius 3 is 2.29 bits per heavy atom. The summed E-state index contributed by atoms with van der Waals surface area (Å²) in [5.74, 6) is -0.664. The van der Waals surface area contributed by atoms with Crippen molar-refractivity contribution >= 4 is 21.8 Å². The Hall–Kier alpha value is -2.43. The van der Waals surface area contributed by atoms with E-state index in [1.165, 1.54) is 25.3 Å². The van der Waals surface area contributed by atoms with Gasteiger partial charge in [0.2, 0.25) is 0 Å². The van der Waals surface area contributed by atoms with Crippen molar-refractivity contribution in [3.05, 3.63) is 35.9 Å². The minimum atomic E-state index is -4.65. The topological polar surface area (TPSA) is 48.8 Å². The molecule has 31 heavy (non-hydrogen) atoms. The SMILES string of the molecule is COc1cc2c(cc1F)c1ccnc(C(F)(F)F)c1n2CCN1CC(OC)C(OC)C1. The molecule has 0 spiro atoms. The van der Waals surface area contributed by atoms with Crippen LogP contribution in [0.25, 0.3) is 21.8 Å². The lowest BCUT2D eigenvalue weighted by Crippen LogP contribution is -2.27. The molecule has 0 radical (unpaired) electrons. The van der Waals surface area contributed by atoms with E-state index >= 15 is 0 Å². The maximum absolute atomic E-state index is 14.4. The zero-order chi connectivity index (χ0) is 22.3. The van der Waals surface area contributed by atoms with E-state index in [0.29, 0.717) is 35.9 Å². The van der Waals surface area contributed by atoms with Crippen molar-refractivity contribution < 1.29 is 31.8 Å². The summed E-state index contributed by atoms with van der Waals surface area (Å²) in [7, 11) is 4.53. The molecule has 0 saturated carbocycles. The van der Waals surface area contributed by atoms with Gasteiger partial charge in [-0.2, -0.15) is 13.2 Å². The van der Waals surface area contributed by atoms with Gasteiger partial charge in [0.05, 0.1) is 30.4 Å². The first-order valence-corrected chi connectivity index (χ1v) is 9.78. The number of rotatable bonds is 6. The van der Waals surface area contributed by atoms with E-state index in [1.54, 1.807) is 18.8 Å². The third-order valence-corrected chi connectivity index (χ3v) is 5.85. The fraction of sp³-hybridized carbons (Fsp3) is 0.476. The monoisotopic (exact) mass is 441 g/mol. The van der Waals surface area contributed by atoms with Crippen molar-refractivity contribution in [1.82, 2.24) is 14.5 Å². The summed E-state index contributed by atoms with van der Waals surface area (Å²) in [6.07, 6.45) is -3.76. The Morgan fingerprint density at radius 1 is 1.03 bits per heavy atom. The fourth-order valence-electron chi connectivity index (χ4n) is 4.34. The second kappa shape index (κ2) is 8.25. The summed E-state index contributed by atoms with van der Waals surface area (Å²) < 4.78 is 73.2. The van der Waals surface area contributed by atoms with Gasteiger partial charge >= 0.3 is 6.18 Å². The van der Waals surface area contributed by atoms with E-state index < -0.39 is 17.7 Å². The highest BCUT2D eigenvalue weighted by Gasteiger charge is 2.37. The molecule has 1 saturated heterocycles. The third kappa shape index (κ3) is 3.83. The van der Waals surface area contributed by atoms with Crippen LogP contribution in [0, 0.1) is 5.82 Å². The molecule has 6 nitrogen and oxygen atoms in total. The van der Waals surface area contributed by atoms with Crippen molar-refractivity contribution in [2.75, 3.05) is 41.0 Å². The van der Waals surface area contributed by atoms with Gasteiger partial charge in [-0.25, -0.2) is 9.37 Å². The van der Waals surface area contributed by atoms with Crippen LogP contribution in [-0.2, 0) is 22.2 Å². The van der Waals surface area contributed by atoms with Crippen LogP contribution >= 0.6 is 0 Å². The van der Waals surface area contributed by atoms with Crippen LogP contribution in [-0.4, -0.2) is 67.6 Å². The summed E-state index contributed by atoms with van der Waals surface area (Å²) >= 11 is 0. The van der Waals surface area contributed by atoms with Crippen LogP contribution < -0.4 is 4.74 Å². The molecule has 168 valence electrons. The Labute approximate surface area is 176 Å². The molecule has 0 N–H and O–H groups in total. The van der Waals surface area contributed by atoms with Crippen molar-refractivity contribution in [1.29, 1.82) is 0 Å². The molecule has 0 aliphatic carbocycles. The molecule has 0 bridgehead atoms. The minimum absolute atomic E-state index is 0.0295. The molecule has 2 atom stereocenters. The molecule has 4 rings (SSSR count). The predicted octanol–water partition coefficient (Wildman–Crippen LogP) is 3.70. The first-order chi connectivity index (χ1) is 14.8. The Bertz CT molecular complexity index is 1090. The molecule has 1 aromatic carbocycles. The number of halogens is 4. The number of pyridine rings is 1. The third-order valence-electron chi connectivity index (χ3n) is 5.85. The molecule has 1 aliphatic rings. The van der Waals surface area contributed by atoms with Crippen molar-refractivity contribution in [3.63, 3.8) is 0 Å². The zero-order valence-corrected chi connectivity index (χ0v) is 17.4. The number of benzene rings is 1. The predicted molar refractivity (Wildman–Crippen MR) is 107 cm³/mol. The maximum atomic E-state index is 14.4. The Balaban J connectivity index is 1.81. The smallest absolute Gasteiger partial charge is 0.435 e. The number of fused-ring (bicyclic) bond motifs is 3. The van der Waals surface area contributed by atoms with E-state index in [2.05, 4.69) is 9.88 Å². The quantitative estimate of drug-likeness (QED) is 0.546. The Morgan fingerprint density at radius 2 is 1.71 bits per heavy atom. The van der Waals surface area contributed by atoms with Gasteiger partial charge < -0.3 is 18.8 Å². The van der Waals surface area contributed by atoms with Gasteiger partial charge in [-0.15, -0.1) is 0 Å². The van der Waals surface area contributed by atoms with Crippen LogP contribution in [0.4, 0.5) is 17.6 Å². The molecule has 2 unspecified atom stereocenters. The molecular formula is C21H23F4N3O3. The molecule has 1 fully saturated rings. The van der Waals surface area contributed by atoms with Gasteiger partial charge in [0.25, 0.3) is 0 Å². The number of ether oxygens (including phenoxy) is 3. The highest BCUT2D eigenvalue weighted by molar-refractivity contribution is 6.09. The molecule has 0 amide bonds. The zero-order valence-electron chi connectivity index (χ0n) is 17.4. The van der Waals surface area contributed by atoms with Crippen molar-refractivity contribution in [3.8, 4) is 5.75 Å². The van der Waals surface area contributed by atoms with E-state index in [9.17, 15) is 17.6 Å². The van der Waals surface area contributed by atoms with Crippen LogP contribution in [0.3, 0.4) is 0 Å². The normalized spacial score (nSPS) is 20.2. The van der Waals surface area contributed by atoms with Crippen LogP contribution in [0.5, 0.6) is 5.75 Å². The molecule has 3 heterocycles. The van der Waals surface area contributed by atoms with Gasteiger partial charge in [-0.1, -0.05) is 0 Å². The van der Waals surface area contributed by atoms with Crippen molar-refractivity contribution in [2.45, 2.75) is 24.9 Å². The number of hydrogen-bond donors (Lipinski definition) is 0. The number of alkyl halides is 3. The fourth-order valence-corrected chi connectivity index (χ4v) is 4.34. The molecule has 10 heteroatoms. The van der Waals surface area contributed by atoms with Gasteiger partial charge in [-0.3, -0.25) is 4.90 Å². The molecular weight excluding hydrogens is 418 g/mol. The molecule has 3 aromatic rings. The summed E-state index contributed by atoms with van der Waals surface area (Å²) in [4.78, 5) is 5.68. The largest absolute Gasteiger partial charge is 0.494 e. The van der Waals surface area contributed by atoms with E-state index in [1.807, 2.05) is 0 Å². The van der Waals surface area contributed by atoms with Crippen LogP contribution in [0.15, 0.2) is 24.4 Å². The second-order valence-electron chi connectivity index (χ2n) is 7.52. The van der Waals surface area contributed by atoms with Gasteiger partial charge in [-0.05, 0) is 12.1 Å². The summed E-state index contributed by atoms with van der Waals surface area (Å²) in [5, 5.41) is 0.678. The summed E-state index contributed by atoms with van der Waals surface area (Å²) in [5.41, 5.74) is -0.604. The first kappa shape index (κ1) is 21.8. The summed E-state index contributed by atoms with van der Waals surface area (Å²) in [6.45, 7) is 1.92. The standard InChI is InChI=1S/C21H23F4N3O3/c1-29-16-9-15-13(8-14(16)22)12-4-5-26-20(21(23,24)25)19(12)28(15)7-6-27-10-17(30-2)18(11-27)31-3/h4-5,8-9,17-18H,6-7,10-11H2,1-3H3. The number of likely N-dealkylation sites (tertiary alicyclic amines) is 1. The van der Waals surface area contributed by atoms with Gasteiger partial charge in [0, 0.05) is 63.4 Å². The van der Waals surface area contributed by atoms with Gasteiger partial charge in [0.1, 0.15) is 0 Å². The average molecular weight is 441 g/mol. The summed E-state index contributed by atoms with van der Waals surface area (Å²) in [6, 6.07) is 4.13. The average Bonchev–Trinajstić information content (AvgIpc) is 3.28. The number of aromatic nitrogens is 2. The molecule has 2 aromatic heterocycles. The van der Waals surface area contributed by atoms with Gasteiger partial charge in [0.15, 0.2) is 17.3 Å². The number of nitrogens with zero attached hydrogens (tertiary/aromatic N) is 3. The number of hydrogen-bond acceptors (Lipinski definition) is 5. The maximum Gasteiger partial charge on any atom is 0.435 e. The molecule has 1 aliphatic heterocycles. The highest BCUT2D eigenvalue weighted by atomic mass is 19.4. The lowest BCUT2D eigenvalue weighted by Gasteiger charge is -2.18. The van der Waals surface area contributed by atoms with E-state index in [0.717, 1.165) is 6.20 Å². The van der Waals surface area contributed by atoms with Crippen LogP contribution in [0.1, 0.15) is 5.69 Å². The van der Waals surface area contributed by atoms with Crippen LogP contribution in [0.2, 0.25) is 0 Å². The minimum Gasteiger partial charge on any atom is -0.494 e. The van der Waals surface area contributed by atoms with E-state index in [-0.39, 0.29) is 30.0 Å². The highest BCUT2D eigenvalue weighted by Crippen LogP contribution is 2.39.